The Morgan fingerprint density at radius 2 is 1.82 bits per heavy atom. The summed E-state index contributed by atoms with van der Waals surface area (Å²) < 4.78 is 5.29. The van der Waals surface area contributed by atoms with Gasteiger partial charge in [-0.25, -0.2) is 0 Å². The number of benzene rings is 3. The lowest BCUT2D eigenvalue weighted by Crippen LogP contribution is -2.32. The minimum absolute atomic E-state index is 0.00808. The Balaban J connectivity index is 1.73. The minimum atomic E-state index is -1.03. The number of rotatable bonds is 6. The third-order valence-corrected chi connectivity index (χ3v) is 7.31. The molecular weight excluding hydrogens is 452 g/mol. The van der Waals surface area contributed by atoms with Gasteiger partial charge in [-0.15, -0.1) is 11.8 Å². The van der Waals surface area contributed by atoms with Crippen LogP contribution in [0.2, 0.25) is 0 Å². The Morgan fingerprint density at radius 1 is 1.09 bits per heavy atom. The normalized spacial score (nSPS) is 17.9. The second kappa shape index (κ2) is 8.79. The Morgan fingerprint density at radius 3 is 2.56 bits per heavy atom. The van der Waals surface area contributed by atoms with Gasteiger partial charge in [0.25, 0.3) is 0 Å². The number of para-hydroxylation sites is 1. The highest BCUT2D eigenvalue weighted by atomic mass is 32.2. The lowest BCUT2D eigenvalue weighted by atomic mass is 10.1. The second-order valence-electron chi connectivity index (χ2n) is 7.97. The number of aromatic nitrogens is 1. The zero-order chi connectivity index (χ0) is 23.8. The van der Waals surface area contributed by atoms with Gasteiger partial charge in [-0.2, -0.15) is 0 Å². The van der Waals surface area contributed by atoms with Crippen LogP contribution >= 0.6 is 11.8 Å². The lowest BCUT2D eigenvalue weighted by Gasteiger charge is -2.25. The van der Waals surface area contributed by atoms with Gasteiger partial charge in [0.05, 0.1) is 30.2 Å². The number of phenols is 1. The van der Waals surface area contributed by atoms with Gasteiger partial charge >= 0.3 is 5.97 Å². The molecule has 3 aromatic carbocycles. The van der Waals surface area contributed by atoms with Crippen LogP contribution in [-0.4, -0.2) is 39.4 Å². The number of phenolic OH excluding ortho intramolecular Hbond substituents is 1. The molecule has 34 heavy (non-hydrogen) atoms. The van der Waals surface area contributed by atoms with Gasteiger partial charge in [-0.1, -0.05) is 54.6 Å². The van der Waals surface area contributed by atoms with Crippen molar-refractivity contribution < 1.29 is 24.5 Å². The molecule has 0 radical (unpaired) electrons. The number of anilines is 1. The average Bonchev–Trinajstić information content (AvgIpc) is 3.37. The van der Waals surface area contributed by atoms with Gasteiger partial charge in [-0.05, 0) is 23.8 Å². The Labute approximate surface area is 200 Å². The highest BCUT2D eigenvalue weighted by molar-refractivity contribution is 8.01. The van der Waals surface area contributed by atoms with Gasteiger partial charge in [-0.3, -0.25) is 14.5 Å². The van der Waals surface area contributed by atoms with Gasteiger partial charge in [0.2, 0.25) is 5.91 Å². The molecule has 0 bridgehead atoms. The highest BCUT2D eigenvalue weighted by Gasteiger charge is 2.44. The van der Waals surface area contributed by atoms with Gasteiger partial charge in [0.1, 0.15) is 5.37 Å². The molecule has 0 saturated carbocycles. The van der Waals surface area contributed by atoms with E-state index in [1.165, 1.54) is 24.9 Å². The summed E-state index contributed by atoms with van der Waals surface area (Å²) in [7, 11) is 1.46. The Bertz CT molecular complexity index is 1380. The van der Waals surface area contributed by atoms with Crippen molar-refractivity contribution in [3.63, 3.8) is 0 Å². The van der Waals surface area contributed by atoms with E-state index in [9.17, 15) is 19.8 Å². The molecule has 7 nitrogen and oxygen atoms in total. The number of carbonyl (C=O) groups is 2. The van der Waals surface area contributed by atoms with E-state index in [2.05, 4.69) is 4.98 Å². The third-order valence-electron chi connectivity index (χ3n) is 5.87. The average molecular weight is 475 g/mol. The van der Waals surface area contributed by atoms with Crippen LogP contribution in [0.4, 0.5) is 5.69 Å². The highest BCUT2D eigenvalue weighted by Crippen LogP contribution is 2.51. The van der Waals surface area contributed by atoms with Crippen LogP contribution in [0.15, 0.2) is 72.8 Å². The van der Waals surface area contributed by atoms with E-state index >= 15 is 0 Å². The van der Waals surface area contributed by atoms with Crippen molar-refractivity contribution in [2.75, 3.05) is 12.0 Å². The molecule has 1 aliphatic rings. The van der Waals surface area contributed by atoms with E-state index in [1.54, 1.807) is 17.0 Å². The van der Waals surface area contributed by atoms with Crippen molar-refractivity contribution in [3.05, 3.63) is 78.4 Å². The SMILES string of the molecule is COc1cc(C2SC(CC(=O)O)C(=O)N2c2c(-c3ccccc3)[nH]c3ccccc23)ccc1O. The van der Waals surface area contributed by atoms with Crippen LogP contribution in [-0.2, 0) is 9.59 Å². The van der Waals surface area contributed by atoms with Crippen molar-refractivity contribution in [1.29, 1.82) is 0 Å². The van der Waals surface area contributed by atoms with E-state index in [1.807, 2.05) is 54.6 Å². The number of aliphatic carboxylic acids is 1. The summed E-state index contributed by atoms with van der Waals surface area (Å²) in [5, 5.41) is 19.1. The standard InChI is InChI=1S/C26H22N2O5S/c1-33-20-13-16(11-12-19(20)29)26-28(25(32)21(34-26)14-22(30)31)24-17-9-5-6-10-18(17)27-23(24)15-7-3-2-4-8-15/h2-13,21,26-27,29H,14H2,1H3,(H,30,31). The van der Waals surface area contributed by atoms with E-state index in [0.29, 0.717) is 5.69 Å². The number of aromatic amines is 1. The first-order valence-electron chi connectivity index (χ1n) is 10.7. The maximum absolute atomic E-state index is 13.7. The number of nitrogens with one attached hydrogen (secondary N) is 1. The summed E-state index contributed by atoms with van der Waals surface area (Å²) in [6.45, 7) is 0. The number of thioether (sulfide) groups is 1. The molecule has 0 aliphatic carbocycles. The fraction of sp³-hybridized carbons (Fsp3) is 0.154. The molecule has 1 aliphatic heterocycles. The topological polar surface area (TPSA) is 103 Å². The summed E-state index contributed by atoms with van der Waals surface area (Å²) >= 11 is 1.29. The van der Waals surface area contributed by atoms with Crippen molar-refractivity contribution in [2.45, 2.75) is 17.0 Å². The molecule has 2 atom stereocenters. The largest absolute Gasteiger partial charge is 0.504 e. The van der Waals surface area contributed by atoms with Gasteiger partial charge in [0, 0.05) is 16.5 Å². The van der Waals surface area contributed by atoms with Crippen LogP contribution in [0.25, 0.3) is 22.2 Å². The number of carboxylic acids is 1. The quantitative estimate of drug-likeness (QED) is 0.356. The van der Waals surface area contributed by atoms with E-state index in [0.717, 1.165) is 27.7 Å². The summed E-state index contributed by atoms with van der Waals surface area (Å²) in [4.78, 5) is 30.4. The molecule has 1 fully saturated rings. The molecule has 2 unspecified atom stereocenters. The molecule has 1 saturated heterocycles. The number of methoxy groups -OCH3 is 1. The molecule has 172 valence electrons. The fourth-order valence-corrected chi connectivity index (χ4v) is 5.75. The van der Waals surface area contributed by atoms with Crippen molar-refractivity contribution in [3.8, 4) is 22.8 Å². The minimum Gasteiger partial charge on any atom is -0.504 e. The van der Waals surface area contributed by atoms with Crippen LogP contribution in [0, 0.1) is 0 Å². The summed E-state index contributed by atoms with van der Waals surface area (Å²) in [6, 6.07) is 22.4. The maximum atomic E-state index is 13.7. The molecule has 5 rings (SSSR count). The number of hydrogen-bond donors (Lipinski definition) is 3. The molecule has 0 spiro atoms. The zero-order valence-corrected chi connectivity index (χ0v) is 19.1. The summed E-state index contributed by atoms with van der Waals surface area (Å²) in [5.74, 6) is -1.02. The monoisotopic (exact) mass is 474 g/mol. The van der Waals surface area contributed by atoms with Crippen LogP contribution in [0.5, 0.6) is 11.5 Å². The first-order valence-corrected chi connectivity index (χ1v) is 11.7. The van der Waals surface area contributed by atoms with Gasteiger partial charge in [0.15, 0.2) is 11.5 Å². The molecule has 2 heterocycles. The number of carbonyl (C=O) groups excluding carboxylic acids is 1. The number of aromatic hydroxyl groups is 1. The predicted octanol–water partition coefficient (Wildman–Crippen LogP) is 5.17. The smallest absolute Gasteiger partial charge is 0.305 e. The van der Waals surface area contributed by atoms with Crippen LogP contribution in [0.3, 0.4) is 0 Å². The van der Waals surface area contributed by atoms with E-state index in [-0.39, 0.29) is 23.8 Å². The Hall–Kier alpha value is -3.91. The first-order chi connectivity index (χ1) is 16.5. The molecular formula is C26H22N2O5S. The van der Waals surface area contributed by atoms with Crippen molar-refractivity contribution in [2.24, 2.45) is 0 Å². The number of fused-ring (bicyclic) bond motifs is 1. The Kier molecular flexibility index (Phi) is 5.67. The first kappa shape index (κ1) is 21.9. The van der Waals surface area contributed by atoms with Crippen molar-refractivity contribution in [1.82, 2.24) is 4.98 Å². The lowest BCUT2D eigenvalue weighted by molar-refractivity contribution is -0.138. The van der Waals surface area contributed by atoms with Crippen LogP contribution in [0.1, 0.15) is 17.4 Å². The number of amides is 1. The van der Waals surface area contributed by atoms with Crippen molar-refractivity contribution >= 4 is 40.2 Å². The predicted molar refractivity (Wildman–Crippen MR) is 132 cm³/mol. The number of carboxylic acid groups (broad SMARTS) is 1. The maximum Gasteiger partial charge on any atom is 0.305 e. The molecule has 1 aromatic heterocycles. The van der Waals surface area contributed by atoms with Crippen LogP contribution < -0.4 is 9.64 Å². The number of nitrogens with zero attached hydrogens (tertiary/aromatic N) is 1. The fourth-order valence-electron chi connectivity index (χ4n) is 4.33. The summed E-state index contributed by atoms with van der Waals surface area (Å²) in [6.07, 6.45) is -0.283. The van der Waals surface area contributed by atoms with Gasteiger partial charge < -0.3 is 19.9 Å². The second-order valence-corrected chi connectivity index (χ2v) is 9.26. The molecule has 8 heteroatoms. The third kappa shape index (κ3) is 3.76. The van der Waals surface area contributed by atoms with E-state index < -0.39 is 16.6 Å². The number of hydrogen-bond acceptors (Lipinski definition) is 5. The molecule has 1 amide bonds. The number of H-pyrrole nitrogens is 1. The summed E-state index contributed by atoms with van der Waals surface area (Å²) in [5.41, 5.74) is 3.99. The molecule has 3 N–H and O–H groups in total. The van der Waals surface area contributed by atoms with E-state index in [4.69, 9.17) is 4.74 Å². The molecule has 4 aromatic rings. The zero-order valence-electron chi connectivity index (χ0n) is 18.3. The number of ether oxygens (including phenoxy) is 1.